The number of aryl methyl sites for hydroxylation is 1. The summed E-state index contributed by atoms with van der Waals surface area (Å²) in [5.41, 5.74) is 2.09. The number of thiocarbonyl (C=S) groups is 1. The van der Waals surface area contributed by atoms with E-state index < -0.39 is 0 Å². The second-order valence-electron chi connectivity index (χ2n) is 2.33. The Morgan fingerprint density at radius 1 is 1.58 bits per heavy atom. The van der Waals surface area contributed by atoms with E-state index in [0.29, 0.717) is 0 Å². The number of hydrogen-bond donors (Lipinski definition) is 0. The number of isothiocyanates is 1. The maximum Gasteiger partial charge on any atom is 0.0772 e. The van der Waals surface area contributed by atoms with Crippen molar-refractivity contribution < 1.29 is 0 Å². The molecule has 0 saturated carbocycles. The molecule has 0 atom stereocenters. The van der Waals surface area contributed by atoms with Gasteiger partial charge < -0.3 is 0 Å². The molecule has 0 spiro atoms. The largest absolute Gasteiger partial charge is 0.194 e. The van der Waals surface area contributed by atoms with E-state index in [1.165, 1.54) is 5.56 Å². The Bertz CT molecular complexity index is 329. The van der Waals surface area contributed by atoms with E-state index in [-0.39, 0.29) is 0 Å². The second-order valence-corrected chi connectivity index (χ2v) is 3.43. The van der Waals surface area contributed by atoms with Crippen molar-refractivity contribution in [1.29, 1.82) is 0 Å². The highest BCUT2D eigenvalue weighted by atomic mass is 79.9. The average Bonchev–Trinajstić information content (AvgIpc) is 2.08. The molecular formula is C9H8BrNS. The van der Waals surface area contributed by atoms with Crippen LogP contribution in [0.2, 0.25) is 0 Å². The summed E-state index contributed by atoms with van der Waals surface area (Å²) in [6, 6.07) is 5.93. The number of aliphatic imine (C=N–C) groups is 1. The summed E-state index contributed by atoms with van der Waals surface area (Å²) in [6.07, 6.45) is 0.954. The summed E-state index contributed by atoms with van der Waals surface area (Å²) >= 11 is 7.95. The van der Waals surface area contributed by atoms with Gasteiger partial charge in [-0.2, -0.15) is 4.99 Å². The summed E-state index contributed by atoms with van der Waals surface area (Å²) in [4.78, 5) is 3.96. The summed E-state index contributed by atoms with van der Waals surface area (Å²) < 4.78 is 1.07. The number of nitrogens with zero attached hydrogens (tertiary/aromatic N) is 1. The molecule has 0 saturated heterocycles. The van der Waals surface area contributed by atoms with Crippen LogP contribution in [0.3, 0.4) is 0 Å². The third kappa shape index (κ3) is 2.24. The Morgan fingerprint density at radius 2 is 2.33 bits per heavy atom. The van der Waals surface area contributed by atoms with Crippen LogP contribution in [-0.2, 0) is 6.42 Å². The van der Waals surface area contributed by atoms with Gasteiger partial charge in [-0.1, -0.05) is 22.9 Å². The van der Waals surface area contributed by atoms with Crippen molar-refractivity contribution in [1.82, 2.24) is 0 Å². The summed E-state index contributed by atoms with van der Waals surface area (Å²) in [5, 5.41) is 2.37. The summed E-state index contributed by atoms with van der Waals surface area (Å²) in [6.45, 7) is 2.09. The van der Waals surface area contributed by atoms with Crippen molar-refractivity contribution in [2.24, 2.45) is 4.99 Å². The zero-order chi connectivity index (χ0) is 8.97. The van der Waals surface area contributed by atoms with Crippen molar-refractivity contribution in [3.05, 3.63) is 28.2 Å². The number of hydrogen-bond acceptors (Lipinski definition) is 2. The van der Waals surface area contributed by atoms with Crippen LogP contribution in [-0.4, -0.2) is 5.16 Å². The Morgan fingerprint density at radius 3 is 2.92 bits per heavy atom. The van der Waals surface area contributed by atoms with Gasteiger partial charge in [-0.15, -0.1) is 0 Å². The lowest BCUT2D eigenvalue weighted by Crippen LogP contribution is -1.80. The monoisotopic (exact) mass is 241 g/mol. The molecule has 0 aliphatic rings. The van der Waals surface area contributed by atoms with E-state index >= 15 is 0 Å². The van der Waals surface area contributed by atoms with Crippen molar-refractivity contribution in [2.75, 3.05) is 0 Å². The normalized spacial score (nSPS) is 9.17. The van der Waals surface area contributed by atoms with Gasteiger partial charge in [-0.25, -0.2) is 0 Å². The van der Waals surface area contributed by atoms with E-state index in [4.69, 9.17) is 0 Å². The minimum atomic E-state index is 0.913. The molecule has 0 bridgehead atoms. The average molecular weight is 242 g/mol. The molecule has 1 aromatic rings. The molecule has 1 rings (SSSR count). The van der Waals surface area contributed by atoms with Gasteiger partial charge >= 0.3 is 0 Å². The van der Waals surface area contributed by atoms with Crippen LogP contribution in [0.1, 0.15) is 12.5 Å². The smallest absolute Gasteiger partial charge is 0.0772 e. The van der Waals surface area contributed by atoms with Crippen LogP contribution in [0.5, 0.6) is 0 Å². The maximum absolute atomic E-state index is 4.55. The molecule has 0 fully saturated rings. The lowest BCUT2D eigenvalue weighted by Gasteiger charge is -2.00. The Balaban J connectivity index is 3.19. The number of benzene rings is 1. The van der Waals surface area contributed by atoms with Crippen molar-refractivity contribution in [2.45, 2.75) is 13.3 Å². The molecule has 12 heavy (non-hydrogen) atoms. The molecular weight excluding hydrogens is 234 g/mol. The van der Waals surface area contributed by atoms with Gasteiger partial charge in [0.25, 0.3) is 0 Å². The van der Waals surface area contributed by atoms with E-state index in [1.807, 2.05) is 18.2 Å². The fraction of sp³-hybridized carbons (Fsp3) is 0.222. The third-order valence-corrected chi connectivity index (χ3v) is 2.17. The number of rotatable bonds is 2. The van der Waals surface area contributed by atoms with E-state index in [1.54, 1.807) is 0 Å². The van der Waals surface area contributed by atoms with Gasteiger partial charge in [0.2, 0.25) is 0 Å². The van der Waals surface area contributed by atoms with E-state index in [2.05, 4.69) is 45.2 Å². The zero-order valence-electron chi connectivity index (χ0n) is 6.67. The molecule has 0 aliphatic carbocycles. The molecule has 0 N–H and O–H groups in total. The molecule has 0 heterocycles. The van der Waals surface area contributed by atoms with Crippen molar-refractivity contribution in [3.63, 3.8) is 0 Å². The zero-order valence-corrected chi connectivity index (χ0v) is 9.08. The molecule has 0 unspecified atom stereocenters. The number of halogens is 1. The van der Waals surface area contributed by atoms with Gasteiger partial charge in [-0.3, -0.25) is 0 Å². The minimum Gasteiger partial charge on any atom is -0.194 e. The molecule has 3 heteroatoms. The second kappa shape index (κ2) is 4.51. The van der Waals surface area contributed by atoms with Gasteiger partial charge in [0.15, 0.2) is 0 Å². The Kier molecular flexibility index (Phi) is 3.60. The predicted octanol–water partition coefficient (Wildman–Crippen LogP) is 3.75. The van der Waals surface area contributed by atoms with Crippen LogP contribution >= 0.6 is 28.1 Å². The van der Waals surface area contributed by atoms with Crippen LogP contribution in [0.25, 0.3) is 0 Å². The fourth-order valence-corrected chi connectivity index (χ4v) is 1.50. The molecule has 62 valence electrons. The predicted molar refractivity (Wildman–Crippen MR) is 58.2 cm³/mol. The summed E-state index contributed by atoms with van der Waals surface area (Å²) in [7, 11) is 0. The standard InChI is InChI=1S/C9H8BrNS/c1-2-7-5-8(10)3-4-9(7)11-6-12/h3-5H,2H2,1H3. The first kappa shape index (κ1) is 9.59. The lowest BCUT2D eigenvalue weighted by molar-refractivity contribution is 1.13. The van der Waals surface area contributed by atoms with Crippen molar-refractivity contribution in [3.8, 4) is 0 Å². The summed E-state index contributed by atoms with van der Waals surface area (Å²) in [5.74, 6) is 0. The van der Waals surface area contributed by atoms with Crippen LogP contribution in [0, 0.1) is 0 Å². The van der Waals surface area contributed by atoms with E-state index in [0.717, 1.165) is 16.6 Å². The van der Waals surface area contributed by atoms with Gasteiger partial charge in [-0.05, 0) is 42.4 Å². The highest BCUT2D eigenvalue weighted by molar-refractivity contribution is 9.10. The quantitative estimate of drug-likeness (QED) is 0.568. The molecule has 0 radical (unpaired) electrons. The van der Waals surface area contributed by atoms with Gasteiger partial charge in [0.1, 0.15) is 0 Å². The fourth-order valence-electron chi connectivity index (χ4n) is 0.996. The Hall–Kier alpha value is -0.500. The first-order chi connectivity index (χ1) is 5.77. The molecule has 1 nitrogen and oxygen atoms in total. The highest BCUT2D eigenvalue weighted by Crippen LogP contribution is 2.23. The highest BCUT2D eigenvalue weighted by Gasteiger charge is 1.98. The SMILES string of the molecule is CCc1cc(Br)ccc1N=C=S. The Labute approximate surface area is 85.6 Å². The van der Waals surface area contributed by atoms with Crippen molar-refractivity contribution >= 4 is 39.0 Å². The van der Waals surface area contributed by atoms with E-state index in [9.17, 15) is 0 Å². The van der Waals surface area contributed by atoms with Crippen LogP contribution in [0.4, 0.5) is 5.69 Å². The first-order valence-electron chi connectivity index (χ1n) is 3.64. The lowest BCUT2D eigenvalue weighted by atomic mass is 10.1. The van der Waals surface area contributed by atoms with Crippen LogP contribution in [0.15, 0.2) is 27.7 Å². The van der Waals surface area contributed by atoms with Gasteiger partial charge in [0.05, 0.1) is 10.8 Å². The topological polar surface area (TPSA) is 12.4 Å². The first-order valence-corrected chi connectivity index (χ1v) is 4.84. The molecule has 0 aliphatic heterocycles. The third-order valence-electron chi connectivity index (χ3n) is 1.59. The molecule has 0 amide bonds. The molecule has 1 aromatic carbocycles. The maximum atomic E-state index is 4.55. The minimum absolute atomic E-state index is 0.913. The molecule has 0 aromatic heterocycles. The van der Waals surface area contributed by atoms with Crippen LogP contribution < -0.4 is 0 Å². The van der Waals surface area contributed by atoms with Gasteiger partial charge in [0, 0.05) is 4.47 Å².